The van der Waals surface area contributed by atoms with Crippen molar-refractivity contribution in [3.05, 3.63) is 35.4 Å². The third-order valence-corrected chi connectivity index (χ3v) is 5.43. The van der Waals surface area contributed by atoms with E-state index in [-0.39, 0.29) is 11.9 Å². The molecular formula is C22H33N3O2. The molecule has 1 aromatic rings. The van der Waals surface area contributed by atoms with Gasteiger partial charge in [-0.05, 0) is 49.3 Å². The molecule has 0 unspecified atom stereocenters. The molecule has 5 nitrogen and oxygen atoms in total. The molecule has 1 saturated carbocycles. The number of likely N-dealkylation sites (tertiary alicyclic amines) is 1. The van der Waals surface area contributed by atoms with Crippen molar-refractivity contribution in [2.24, 2.45) is 11.1 Å². The molecule has 0 aromatic heterocycles. The van der Waals surface area contributed by atoms with Gasteiger partial charge in [0.2, 0.25) is 5.91 Å². The molecule has 5 heteroatoms. The molecule has 0 spiro atoms. The average Bonchev–Trinajstić information content (AvgIpc) is 3.51. The van der Waals surface area contributed by atoms with Gasteiger partial charge in [0.05, 0.1) is 11.8 Å². The first-order valence-electron chi connectivity index (χ1n) is 10.3. The zero-order valence-corrected chi connectivity index (χ0v) is 16.9. The molecule has 3 rings (SSSR count). The monoisotopic (exact) mass is 371 g/mol. The Morgan fingerprint density at radius 3 is 2.67 bits per heavy atom. The summed E-state index contributed by atoms with van der Waals surface area (Å²) in [7, 11) is 1.87. The number of carbonyl (C=O) groups excluding carboxylic acids is 1. The zero-order valence-electron chi connectivity index (χ0n) is 16.9. The minimum atomic E-state index is -0.0847. The fraction of sp³-hybridized carbons (Fsp3) is 0.636. The Bertz CT molecular complexity index is 657. The van der Waals surface area contributed by atoms with Crippen LogP contribution in [0.1, 0.15) is 63.0 Å². The summed E-state index contributed by atoms with van der Waals surface area (Å²) in [6.45, 7) is 6.28. The normalized spacial score (nSPS) is 18.5. The van der Waals surface area contributed by atoms with E-state index in [0.717, 1.165) is 44.0 Å². The SMILES string of the molecule is CN[C@@H](CC(C)C)C(=O)N1CCC(=NOCc2cccc(C3CC3)c2)CC1. The topological polar surface area (TPSA) is 53.9 Å². The van der Waals surface area contributed by atoms with Crippen LogP contribution in [0.15, 0.2) is 29.4 Å². The van der Waals surface area contributed by atoms with Crippen LogP contribution in [0, 0.1) is 5.92 Å². The van der Waals surface area contributed by atoms with Crippen LogP contribution in [0.25, 0.3) is 0 Å². The van der Waals surface area contributed by atoms with Crippen molar-refractivity contribution in [2.75, 3.05) is 20.1 Å². The molecule has 2 fully saturated rings. The van der Waals surface area contributed by atoms with Crippen LogP contribution in [0.5, 0.6) is 0 Å². The molecule has 148 valence electrons. The highest BCUT2D eigenvalue weighted by Crippen LogP contribution is 2.40. The van der Waals surface area contributed by atoms with Crippen molar-refractivity contribution in [1.29, 1.82) is 0 Å². The van der Waals surface area contributed by atoms with Gasteiger partial charge < -0.3 is 15.1 Å². The molecular weight excluding hydrogens is 338 g/mol. The lowest BCUT2D eigenvalue weighted by atomic mass is 10.0. The number of amides is 1. The minimum absolute atomic E-state index is 0.0847. The minimum Gasteiger partial charge on any atom is -0.391 e. The predicted octanol–water partition coefficient (Wildman–Crippen LogP) is 3.69. The van der Waals surface area contributed by atoms with Crippen LogP contribution in [0.3, 0.4) is 0 Å². The molecule has 1 aliphatic carbocycles. The summed E-state index contributed by atoms with van der Waals surface area (Å²) in [6, 6.07) is 8.57. The quantitative estimate of drug-likeness (QED) is 0.709. The van der Waals surface area contributed by atoms with Gasteiger partial charge in [-0.2, -0.15) is 0 Å². The van der Waals surface area contributed by atoms with Gasteiger partial charge >= 0.3 is 0 Å². The van der Waals surface area contributed by atoms with Crippen molar-refractivity contribution in [1.82, 2.24) is 10.2 Å². The molecule has 1 N–H and O–H groups in total. The highest BCUT2D eigenvalue weighted by molar-refractivity contribution is 5.88. The summed E-state index contributed by atoms with van der Waals surface area (Å²) in [5.41, 5.74) is 3.67. The number of piperidine rings is 1. The van der Waals surface area contributed by atoms with Gasteiger partial charge in [-0.25, -0.2) is 0 Å². The summed E-state index contributed by atoms with van der Waals surface area (Å²) in [5, 5.41) is 7.50. The highest BCUT2D eigenvalue weighted by atomic mass is 16.6. The maximum atomic E-state index is 12.7. The van der Waals surface area contributed by atoms with Gasteiger partial charge in [-0.3, -0.25) is 4.79 Å². The Balaban J connectivity index is 1.44. The molecule has 1 heterocycles. The first kappa shape index (κ1) is 19.9. The second kappa shape index (κ2) is 9.36. The lowest BCUT2D eigenvalue weighted by Gasteiger charge is -2.31. The van der Waals surface area contributed by atoms with Crippen molar-refractivity contribution in [3.8, 4) is 0 Å². The number of oxime groups is 1. The van der Waals surface area contributed by atoms with E-state index >= 15 is 0 Å². The molecule has 1 amide bonds. The van der Waals surface area contributed by atoms with Crippen LogP contribution < -0.4 is 5.32 Å². The van der Waals surface area contributed by atoms with Crippen LogP contribution >= 0.6 is 0 Å². The summed E-state index contributed by atoms with van der Waals surface area (Å²) < 4.78 is 0. The maximum absolute atomic E-state index is 12.7. The summed E-state index contributed by atoms with van der Waals surface area (Å²) >= 11 is 0. The van der Waals surface area contributed by atoms with E-state index in [0.29, 0.717) is 12.5 Å². The van der Waals surface area contributed by atoms with E-state index in [4.69, 9.17) is 4.84 Å². The van der Waals surface area contributed by atoms with Crippen molar-refractivity contribution >= 4 is 11.6 Å². The van der Waals surface area contributed by atoms with Gasteiger partial charge in [0.15, 0.2) is 0 Å². The lowest BCUT2D eigenvalue weighted by molar-refractivity contribution is -0.133. The second-order valence-electron chi connectivity index (χ2n) is 8.25. The van der Waals surface area contributed by atoms with E-state index in [1.54, 1.807) is 0 Å². The Labute approximate surface area is 163 Å². The number of likely N-dealkylation sites (N-methyl/N-ethyl adjacent to an activating group) is 1. The fourth-order valence-corrected chi connectivity index (χ4v) is 3.66. The first-order chi connectivity index (χ1) is 13.1. The third-order valence-electron chi connectivity index (χ3n) is 5.43. The van der Waals surface area contributed by atoms with E-state index in [9.17, 15) is 4.79 Å². The standard InChI is InChI=1S/C22H33N3O2/c1-16(2)13-21(23-3)22(26)25-11-9-20(10-12-25)24-27-15-17-5-4-6-19(14-17)18-7-8-18/h4-6,14,16,18,21,23H,7-13,15H2,1-3H3/t21-/m0/s1. The molecule has 27 heavy (non-hydrogen) atoms. The van der Waals surface area contributed by atoms with Gasteiger partial charge in [0, 0.05) is 25.9 Å². The van der Waals surface area contributed by atoms with Crippen molar-refractivity contribution in [3.63, 3.8) is 0 Å². The maximum Gasteiger partial charge on any atom is 0.239 e. The third kappa shape index (κ3) is 5.80. The van der Waals surface area contributed by atoms with E-state index in [1.165, 1.54) is 24.0 Å². The average molecular weight is 372 g/mol. The van der Waals surface area contributed by atoms with Crippen LogP contribution in [0.2, 0.25) is 0 Å². The Morgan fingerprint density at radius 1 is 1.30 bits per heavy atom. The second-order valence-corrected chi connectivity index (χ2v) is 8.25. The highest BCUT2D eigenvalue weighted by Gasteiger charge is 2.26. The number of nitrogens with zero attached hydrogens (tertiary/aromatic N) is 2. The Hall–Kier alpha value is -1.88. The number of benzene rings is 1. The molecule has 1 aromatic carbocycles. The Morgan fingerprint density at radius 2 is 2.04 bits per heavy atom. The predicted molar refractivity (Wildman–Crippen MR) is 109 cm³/mol. The Kier molecular flexibility index (Phi) is 6.89. The van der Waals surface area contributed by atoms with E-state index in [2.05, 4.69) is 48.6 Å². The van der Waals surface area contributed by atoms with Crippen molar-refractivity contribution < 1.29 is 9.63 Å². The van der Waals surface area contributed by atoms with Gasteiger partial charge in [-0.15, -0.1) is 0 Å². The summed E-state index contributed by atoms with van der Waals surface area (Å²) in [5.74, 6) is 1.47. The smallest absolute Gasteiger partial charge is 0.239 e. The largest absolute Gasteiger partial charge is 0.391 e. The number of rotatable bonds is 8. The van der Waals surface area contributed by atoms with Crippen LogP contribution in [-0.2, 0) is 16.2 Å². The molecule has 1 aliphatic heterocycles. The number of hydrogen-bond acceptors (Lipinski definition) is 4. The fourth-order valence-electron chi connectivity index (χ4n) is 3.66. The zero-order chi connectivity index (χ0) is 19.2. The molecule has 1 saturated heterocycles. The van der Waals surface area contributed by atoms with Gasteiger partial charge in [0.1, 0.15) is 6.61 Å². The van der Waals surface area contributed by atoms with Gasteiger partial charge in [-0.1, -0.05) is 43.3 Å². The lowest BCUT2D eigenvalue weighted by Crippen LogP contribution is -2.48. The van der Waals surface area contributed by atoms with Crippen LogP contribution in [-0.4, -0.2) is 42.7 Å². The van der Waals surface area contributed by atoms with E-state index in [1.807, 2.05) is 11.9 Å². The molecule has 0 radical (unpaired) electrons. The summed E-state index contributed by atoms with van der Waals surface area (Å²) in [6.07, 6.45) is 5.09. The van der Waals surface area contributed by atoms with Crippen molar-refractivity contribution in [2.45, 2.75) is 64.5 Å². The van der Waals surface area contributed by atoms with E-state index < -0.39 is 0 Å². The number of hydrogen-bond donors (Lipinski definition) is 1. The summed E-state index contributed by atoms with van der Waals surface area (Å²) in [4.78, 5) is 20.2. The number of carbonyl (C=O) groups is 1. The number of nitrogens with one attached hydrogen (secondary N) is 1. The molecule has 0 bridgehead atoms. The molecule has 2 aliphatic rings. The molecule has 1 atom stereocenters. The van der Waals surface area contributed by atoms with Gasteiger partial charge in [0.25, 0.3) is 0 Å². The van der Waals surface area contributed by atoms with Crippen LogP contribution in [0.4, 0.5) is 0 Å². The first-order valence-corrected chi connectivity index (χ1v) is 10.3.